The van der Waals surface area contributed by atoms with E-state index in [1.807, 2.05) is 13.8 Å². The van der Waals surface area contributed by atoms with Gasteiger partial charge in [-0.25, -0.2) is 0 Å². The number of hydrogen-bond acceptors (Lipinski definition) is 3. The molecule has 0 spiro atoms. The van der Waals surface area contributed by atoms with Crippen LogP contribution in [0, 0.1) is 0 Å². The predicted octanol–water partition coefficient (Wildman–Crippen LogP) is 3.14. The second kappa shape index (κ2) is 7.79. The summed E-state index contributed by atoms with van der Waals surface area (Å²) in [5.74, 6) is 0.468. The summed E-state index contributed by atoms with van der Waals surface area (Å²) in [7, 11) is 3.58. The van der Waals surface area contributed by atoms with Gasteiger partial charge in [0.1, 0.15) is 5.75 Å². The maximum atomic E-state index is 11.3. The molecule has 0 radical (unpaired) electrons. The standard InChI is InChI=1S/C11H13NO2S.C2H6/c1-8(13)9-6-4-5-7-10(9)14-11(15)12(2)3;1-2/h4-7H,1-3H3;1-2H3. The summed E-state index contributed by atoms with van der Waals surface area (Å²) < 4.78 is 5.40. The molecular weight excluding hydrogens is 234 g/mol. The van der Waals surface area contributed by atoms with Gasteiger partial charge in [0.25, 0.3) is 5.17 Å². The van der Waals surface area contributed by atoms with Crippen molar-refractivity contribution in [2.75, 3.05) is 14.1 Å². The molecule has 0 N–H and O–H groups in total. The van der Waals surface area contributed by atoms with Gasteiger partial charge in [0.15, 0.2) is 5.78 Å². The molecule has 4 heteroatoms. The molecule has 0 amide bonds. The first-order valence-corrected chi connectivity index (χ1v) is 5.92. The summed E-state index contributed by atoms with van der Waals surface area (Å²) in [5, 5.41) is 0.337. The Kier molecular flexibility index (Phi) is 7.14. The average molecular weight is 253 g/mol. The Hall–Kier alpha value is -1.42. The van der Waals surface area contributed by atoms with Crippen LogP contribution in [0.3, 0.4) is 0 Å². The number of rotatable bonds is 2. The van der Waals surface area contributed by atoms with Gasteiger partial charge in [-0.2, -0.15) is 0 Å². The van der Waals surface area contributed by atoms with Crippen molar-refractivity contribution in [3.63, 3.8) is 0 Å². The number of benzene rings is 1. The van der Waals surface area contributed by atoms with Crippen LogP contribution >= 0.6 is 12.2 Å². The number of nitrogens with zero attached hydrogens (tertiary/aromatic N) is 1. The maximum Gasteiger partial charge on any atom is 0.264 e. The van der Waals surface area contributed by atoms with E-state index in [-0.39, 0.29) is 5.78 Å². The van der Waals surface area contributed by atoms with Gasteiger partial charge in [0, 0.05) is 14.1 Å². The smallest absolute Gasteiger partial charge is 0.264 e. The number of para-hydroxylation sites is 1. The second-order valence-corrected chi connectivity index (χ2v) is 3.66. The normalized spacial score (nSPS) is 8.76. The average Bonchev–Trinajstić information content (AvgIpc) is 2.32. The van der Waals surface area contributed by atoms with Gasteiger partial charge in [-0.1, -0.05) is 26.0 Å². The Labute approximate surface area is 108 Å². The van der Waals surface area contributed by atoms with Gasteiger partial charge >= 0.3 is 0 Å². The molecule has 0 unspecified atom stereocenters. The molecule has 1 aromatic carbocycles. The molecule has 94 valence electrons. The van der Waals surface area contributed by atoms with Crippen molar-refractivity contribution in [1.29, 1.82) is 0 Å². The monoisotopic (exact) mass is 253 g/mol. The topological polar surface area (TPSA) is 29.5 Å². The zero-order valence-corrected chi connectivity index (χ0v) is 11.8. The van der Waals surface area contributed by atoms with Crippen LogP contribution in [0.1, 0.15) is 31.1 Å². The quantitative estimate of drug-likeness (QED) is 0.598. The lowest BCUT2D eigenvalue weighted by Gasteiger charge is -2.15. The molecule has 0 bridgehead atoms. The number of Topliss-reactive ketones (excluding diaryl/α,β-unsaturated/α-hetero) is 1. The second-order valence-electron chi connectivity index (χ2n) is 3.31. The lowest BCUT2D eigenvalue weighted by molar-refractivity contribution is 0.101. The third-order valence-corrected chi connectivity index (χ3v) is 2.28. The minimum Gasteiger partial charge on any atom is -0.431 e. The molecule has 0 fully saturated rings. The van der Waals surface area contributed by atoms with Crippen molar-refractivity contribution in [3.8, 4) is 5.75 Å². The third-order valence-electron chi connectivity index (χ3n) is 1.83. The van der Waals surface area contributed by atoms with Gasteiger partial charge in [-0.05, 0) is 31.3 Å². The first-order valence-electron chi connectivity index (χ1n) is 5.51. The fourth-order valence-corrected chi connectivity index (χ4v) is 1.12. The van der Waals surface area contributed by atoms with Crippen molar-refractivity contribution >= 4 is 23.2 Å². The van der Waals surface area contributed by atoms with E-state index in [1.54, 1.807) is 43.3 Å². The number of hydrogen-bond donors (Lipinski definition) is 0. The molecule has 0 aliphatic heterocycles. The number of ketones is 1. The van der Waals surface area contributed by atoms with E-state index in [0.717, 1.165) is 0 Å². The van der Waals surface area contributed by atoms with Crippen molar-refractivity contribution in [1.82, 2.24) is 4.90 Å². The van der Waals surface area contributed by atoms with Gasteiger partial charge in [-0.3, -0.25) is 4.79 Å². The van der Waals surface area contributed by atoms with Crippen LogP contribution in [-0.2, 0) is 0 Å². The summed E-state index contributed by atoms with van der Waals surface area (Å²) in [4.78, 5) is 13.0. The molecule has 1 aromatic rings. The first-order chi connectivity index (χ1) is 8.02. The highest BCUT2D eigenvalue weighted by Gasteiger charge is 2.10. The molecule has 0 aliphatic carbocycles. The van der Waals surface area contributed by atoms with E-state index in [1.165, 1.54) is 6.92 Å². The number of thiocarbonyl (C=S) groups is 1. The molecule has 17 heavy (non-hydrogen) atoms. The SMILES string of the molecule is CC.CC(=O)c1ccccc1OC(=S)N(C)C. The van der Waals surface area contributed by atoms with Gasteiger partial charge in [0.05, 0.1) is 5.56 Å². The van der Waals surface area contributed by atoms with E-state index >= 15 is 0 Å². The molecule has 3 nitrogen and oxygen atoms in total. The molecular formula is C13H19NO2S. The highest BCUT2D eigenvalue weighted by atomic mass is 32.1. The predicted molar refractivity (Wildman–Crippen MR) is 74.7 cm³/mol. The lowest BCUT2D eigenvalue weighted by atomic mass is 10.1. The molecule has 0 saturated heterocycles. The van der Waals surface area contributed by atoms with Gasteiger partial charge in [0.2, 0.25) is 0 Å². The Balaban J connectivity index is 0.00000121. The maximum absolute atomic E-state index is 11.3. The summed E-state index contributed by atoms with van der Waals surface area (Å²) in [6.07, 6.45) is 0. The van der Waals surface area contributed by atoms with Crippen LogP contribution in [0.15, 0.2) is 24.3 Å². The summed E-state index contributed by atoms with van der Waals surface area (Å²) >= 11 is 5.00. The number of carbonyl (C=O) groups is 1. The molecule has 0 saturated carbocycles. The van der Waals surface area contributed by atoms with Crippen LogP contribution in [0.5, 0.6) is 5.75 Å². The Bertz CT molecular complexity index is 389. The van der Waals surface area contributed by atoms with Gasteiger partial charge in [-0.15, -0.1) is 0 Å². The first kappa shape index (κ1) is 15.6. The largest absolute Gasteiger partial charge is 0.431 e. The van der Waals surface area contributed by atoms with Crippen molar-refractivity contribution < 1.29 is 9.53 Å². The highest BCUT2D eigenvalue weighted by molar-refractivity contribution is 7.80. The van der Waals surface area contributed by atoms with E-state index in [0.29, 0.717) is 16.5 Å². The minimum atomic E-state index is -0.0350. The zero-order valence-electron chi connectivity index (χ0n) is 11.0. The third kappa shape index (κ3) is 4.95. The molecule has 0 aromatic heterocycles. The van der Waals surface area contributed by atoms with Crippen molar-refractivity contribution in [2.45, 2.75) is 20.8 Å². The zero-order chi connectivity index (χ0) is 13.4. The molecule has 1 rings (SSSR count). The van der Waals surface area contributed by atoms with Crippen LogP contribution in [-0.4, -0.2) is 30.0 Å². The van der Waals surface area contributed by atoms with Crippen molar-refractivity contribution in [2.24, 2.45) is 0 Å². The van der Waals surface area contributed by atoms with E-state index in [2.05, 4.69) is 0 Å². The van der Waals surface area contributed by atoms with E-state index in [4.69, 9.17) is 17.0 Å². The van der Waals surface area contributed by atoms with Crippen LogP contribution in [0.4, 0.5) is 0 Å². The number of ether oxygens (including phenoxy) is 1. The Morgan fingerprint density at radius 2 is 1.76 bits per heavy atom. The summed E-state index contributed by atoms with van der Waals surface area (Å²) in [5.41, 5.74) is 0.543. The molecule has 0 heterocycles. The summed E-state index contributed by atoms with van der Waals surface area (Å²) in [6, 6.07) is 7.05. The fraction of sp³-hybridized carbons (Fsp3) is 0.385. The molecule has 0 atom stereocenters. The van der Waals surface area contributed by atoms with Crippen molar-refractivity contribution in [3.05, 3.63) is 29.8 Å². The van der Waals surface area contributed by atoms with Gasteiger partial charge < -0.3 is 9.64 Å². The Morgan fingerprint density at radius 1 is 1.24 bits per heavy atom. The Morgan fingerprint density at radius 3 is 2.24 bits per heavy atom. The minimum absolute atomic E-state index is 0.0350. The lowest BCUT2D eigenvalue weighted by Crippen LogP contribution is -2.25. The summed E-state index contributed by atoms with van der Waals surface area (Å²) in [6.45, 7) is 5.50. The van der Waals surface area contributed by atoms with E-state index in [9.17, 15) is 4.79 Å². The van der Waals surface area contributed by atoms with Crippen LogP contribution in [0.25, 0.3) is 0 Å². The van der Waals surface area contributed by atoms with E-state index < -0.39 is 0 Å². The highest BCUT2D eigenvalue weighted by Crippen LogP contribution is 2.18. The fourth-order valence-electron chi connectivity index (χ4n) is 1.03. The number of carbonyl (C=O) groups excluding carboxylic acids is 1. The molecule has 0 aliphatic rings. The van der Waals surface area contributed by atoms with Crippen LogP contribution in [0.2, 0.25) is 0 Å². The van der Waals surface area contributed by atoms with Crippen LogP contribution < -0.4 is 4.74 Å².